The van der Waals surface area contributed by atoms with Gasteiger partial charge in [-0.3, -0.25) is 9.98 Å². The Labute approximate surface area is 166 Å². The SMILES string of the molecule is CCc1cccc(C)c1N=Cc1ccc(C=Nc2c(C)cccc2CC)s1. The van der Waals surface area contributed by atoms with E-state index in [-0.39, 0.29) is 0 Å². The van der Waals surface area contributed by atoms with Crippen LogP contribution < -0.4 is 0 Å². The second kappa shape index (κ2) is 8.92. The molecule has 2 aromatic carbocycles. The van der Waals surface area contributed by atoms with Crippen LogP contribution in [0.3, 0.4) is 0 Å². The fourth-order valence-corrected chi connectivity index (χ4v) is 3.90. The van der Waals surface area contributed by atoms with Crippen molar-refractivity contribution in [1.82, 2.24) is 0 Å². The lowest BCUT2D eigenvalue weighted by Crippen LogP contribution is -1.85. The molecule has 0 N–H and O–H groups in total. The topological polar surface area (TPSA) is 24.7 Å². The molecule has 138 valence electrons. The third kappa shape index (κ3) is 4.61. The van der Waals surface area contributed by atoms with Crippen molar-refractivity contribution in [1.29, 1.82) is 0 Å². The minimum Gasteiger partial charge on any atom is -0.255 e. The van der Waals surface area contributed by atoms with Gasteiger partial charge < -0.3 is 0 Å². The summed E-state index contributed by atoms with van der Waals surface area (Å²) in [6, 6.07) is 17.0. The lowest BCUT2D eigenvalue weighted by Gasteiger charge is -2.05. The third-order valence-corrected chi connectivity index (χ3v) is 5.65. The maximum absolute atomic E-state index is 4.76. The van der Waals surface area contributed by atoms with Gasteiger partial charge in [0, 0.05) is 22.2 Å². The van der Waals surface area contributed by atoms with Gasteiger partial charge in [0.05, 0.1) is 11.4 Å². The Hall–Kier alpha value is -2.52. The first-order valence-corrected chi connectivity index (χ1v) is 10.3. The summed E-state index contributed by atoms with van der Waals surface area (Å²) in [5.74, 6) is 0. The van der Waals surface area contributed by atoms with Crippen LogP contribution in [-0.2, 0) is 12.8 Å². The second-order valence-corrected chi connectivity index (χ2v) is 7.78. The number of rotatable bonds is 6. The van der Waals surface area contributed by atoms with Crippen LogP contribution in [0.4, 0.5) is 11.4 Å². The quantitative estimate of drug-likeness (QED) is 0.415. The Bertz CT molecular complexity index is 902. The van der Waals surface area contributed by atoms with Gasteiger partial charge in [-0.1, -0.05) is 50.2 Å². The number of para-hydroxylation sites is 2. The minimum atomic E-state index is 0.993. The summed E-state index contributed by atoms with van der Waals surface area (Å²) in [6.07, 6.45) is 5.92. The Balaban J connectivity index is 1.80. The van der Waals surface area contributed by atoms with Gasteiger partial charge in [-0.05, 0) is 61.1 Å². The molecule has 0 fully saturated rings. The number of nitrogens with zero attached hydrogens (tertiary/aromatic N) is 2. The predicted molar refractivity (Wildman–Crippen MR) is 120 cm³/mol. The van der Waals surface area contributed by atoms with Crippen molar-refractivity contribution in [3.05, 3.63) is 80.5 Å². The lowest BCUT2D eigenvalue weighted by molar-refractivity contribution is 1.12. The van der Waals surface area contributed by atoms with Crippen molar-refractivity contribution >= 4 is 35.1 Å². The van der Waals surface area contributed by atoms with Gasteiger partial charge >= 0.3 is 0 Å². The van der Waals surface area contributed by atoms with Gasteiger partial charge in [0.2, 0.25) is 0 Å². The van der Waals surface area contributed by atoms with E-state index >= 15 is 0 Å². The molecule has 0 bridgehead atoms. The normalized spacial score (nSPS) is 11.7. The molecule has 0 unspecified atom stereocenters. The van der Waals surface area contributed by atoms with E-state index in [1.165, 1.54) is 22.3 Å². The Morgan fingerprint density at radius 1 is 0.704 bits per heavy atom. The van der Waals surface area contributed by atoms with Crippen LogP contribution in [0.2, 0.25) is 0 Å². The summed E-state index contributed by atoms with van der Waals surface area (Å²) in [4.78, 5) is 11.8. The van der Waals surface area contributed by atoms with Crippen LogP contribution in [0.1, 0.15) is 45.9 Å². The summed E-state index contributed by atoms with van der Waals surface area (Å²) in [5.41, 5.74) is 7.20. The summed E-state index contributed by atoms with van der Waals surface area (Å²) in [6.45, 7) is 8.57. The number of hydrogen-bond acceptors (Lipinski definition) is 3. The second-order valence-electron chi connectivity index (χ2n) is 6.63. The fourth-order valence-electron chi connectivity index (χ4n) is 3.14. The van der Waals surface area contributed by atoms with Gasteiger partial charge in [0.15, 0.2) is 0 Å². The molecule has 3 rings (SSSR count). The van der Waals surface area contributed by atoms with E-state index < -0.39 is 0 Å². The van der Waals surface area contributed by atoms with Crippen LogP contribution in [-0.4, -0.2) is 12.4 Å². The molecular weight excluding hydrogens is 348 g/mol. The zero-order valence-electron chi connectivity index (χ0n) is 16.5. The molecule has 0 aliphatic heterocycles. The van der Waals surface area contributed by atoms with E-state index in [1.54, 1.807) is 11.3 Å². The number of thiophene rings is 1. The molecule has 0 aliphatic carbocycles. The average Bonchev–Trinajstić information content (AvgIpc) is 3.13. The summed E-state index contributed by atoms with van der Waals surface area (Å²) >= 11 is 1.71. The number of aryl methyl sites for hydroxylation is 4. The van der Waals surface area contributed by atoms with E-state index in [4.69, 9.17) is 9.98 Å². The minimum absolute atomic E-state index is 0.993. The van der Waals surface area contributed by atoms with Crippen molar-refractivity contribution in [2.24, 2.45) is 9.98 Å². The molecule has 0 saturated carbocycles. The van der Waals surface area contributed by atoms with Crippen LogP contribution >= 0.6 is 11.3 Å². The van der Waals surface area contributed by atoms with Gasteiger partial charge in [-0.2, -0.15) is 0 Å². The molecule has 0 aliphatic rings. The highest BCUT2D eigenvalue weighted by Crippen LogP contribution is 2.26. The molecule has 3 heteroatoms. The zero-order valence-corrected chi connectivity index (χ0v) is 17.3. The number of hydrogen-bond donors (Lipinski definition) is 0. The number of aliphatic imine (C=N–C) groups is 2. The van der Waals surface area contributed by atoms with Gasteiger partial charge in [-0.15, -0.1) is 11.3 Å². The molecule has 27 heavy (non-hydrogen) atoms. The lowest BCUT2D eigenvalue weighted by atomic mass is 10.1. The molecule has 2 nitrogen and oxygen atoms in total. The van der Waals surface area contributed by atoms with Crippen molar-refractivity contribution < 1.29 is 0 Å². The fraction of sp³-hybridized carbons (Fsp3) is 0.250. The molecule has 1 heterocycles. The van der Waals surface area contributed by atoms with Crippen LogP contribution in [0, 0.1) is 13.8 Å². The third-order valence-electron chi connectivity index (χ3n) is 4.69. The smallest absolute Gasteiger partial charge is 0.0691 e. The van der Waals surface area contributed by atoms with Crippen molar-refractivity contribution in [2.75, 3.05) is 0 Å². The standard InChI is InChI=1S/C24H26N2S/c1-5-19-11-7-9-17(3)23(19)25-15-21-13-14-22(27-21)16-26-24-18(4)10-8-12-20(24)6-2/h7-16H,5-6H2,1-4H3. The molecule has 0 amide bonds. The Morgan fingerprint density at radius 2 is 1.15 bits per heavy atom. The molecule has 0 spiro atoms. The highest BCUT2D eigenvalue weighted by atomic mass is 32.1. The zero-order chi connectivity index (χ0) is 19.2. The van der Waals surface area contributed by atoms with E-state index in [9.17, 15) is 0 Å². The summed E-state index contributed by atoms with van der Waals surface area (Å²) in [5, 5.41) is 0. The van der Waals surface area contributed by atoms with E-state index in [0.29, 0.717) is 0 Å². The maximum atomic E-state index is 4.76. The highest BCUT2D eigenvalue weighted by molar-refractivity contribution is 7.15. The van der Waals surface area contributed by atoms with Crippen molar-refractivity contribution in [2.45, 2.75) is 40.5 Å². The first kappa shape index (κ1) is 19.2. The molecular formula is C24H26N2S. The highest BCUT2D eigenvalue weighted by Gasteiger charge is 2.04. The van der Waals surface area contributed by atoms with Crippen LogP contribution in [0.5, 0.6) is 0 Å². The van der Waals surface area contributed by atoms with Crippen molar-refractivity contribution in [3.8, 4) is 0 Å². The monoisotopic (exact) mass is 374 g/mol. The average molecular weight is 375 g/mol. The van der Waals surface area contributed by atoms with E-state index in [1.807, 2.05) is 12.4 Å². The molecule has 3 aromatic rings. The van der Waals surface area contributed by atoms with E-state index in [2.05, 4.69) is 76.2 Å². The van der Waals surface area contributed by atoms with Gasteiger partial charge in [0.1, 0.15) is 0 Å². The number of benzene rings is 2. The first-order chi connectivity index (χ1) is 13.1. The Morgan fingerprint density at radius 3 is 1.56 bits per heavy atom. The first-order valence-electron chi connectivity index (χ1n) is 9.47. The molecule has 0 radical (unpaired) electrons. The van der Waals surface area contributed by atoms with Crippen molar-refractivity contribution in [3.63, 3.8) is 0 Å². The molecule has 0 saturated heterocycles. The summed E-state index contributed by atoms with van der Waals surface area (Å²) in [7, 11) is 0. The molecule has 1 aromatic heterocycles. The van der Waals surface area contributed by atoms with Gasteiger partial charge in [0.25, 0.3) is 0 Å². The maximum Gasteiger partial charge on any atom is 0.0691 e. The van der Waals surface area contributed by atoms with Gasteiger partial charge in [-0.25, -0.2) is 0 Å². The van der Waals surface area contributed by atoms with E-state index in [0.717, 1.165) is 34.0 Å². The Kier molecular flexibility index (Phi) is 6.36. The van der Waals surface area contributed by atoms with Crippen LogP contribution in [0.15, 0.2) is 58.5 Å². The largest absolute Gasteiger partial charge is 0.255 e. The summed E-state index contributed by atoms with van der Waals surface area (Å²) < 4.78 is 0. The molecule has 0 atom stereocenters. The van der Waals surface area contributed by atoms with Crippen LogP contribution in [0.25, 0.3) is 0 Å². The predicted octanol–water partition coefficient (Wildman–Crippen LogP) is 6.99.